The fourth-order valence-electron chi connectivity index (χ4n) is 2.91. The highest BCUT2D eigenvalue weighted by Gasteiger charge is 2.12. The van der Waals surface area contributed by atoms with E-state index in [0.29, 0.717) is 5.56 Å². The summed E-state index contributed by atoms with van der Waals surface area (Å²) in [5.41, 5.74) is 5.90. The molecule has 0 nitrogen and oxygen atoms in total. The first kappa shape index (κ1) is 15.7. The fourth-order valence-corrected chi connectivity index (χ4v) is 2.91. The molecule has 2 aromatic carbocycles. The van der Waals surface area contributed by atoms with Crippen LogP contribution in [-0.2, 0) is 6.42 Å². The Morgan fingerprint density at radius 2 is 1.70 bits per heavy atom. The first-order valence-electron chi connectivity index (χ1n) is 8.11. The zero-order valence-corrected chi connectivity index (χ0v) is 13.3. The molecule has 3 rings (SSSR count). The third-order valence-corrected chi connectivity index (χ3v) is 4.21. The standard InChI is InChI=1S/C21H20F2/c1-2-3-4-17-12-18-9-7-15(11-19(18)13-17)5-6-16-8-10-20(22)21(23)14-16/h5-12,14H,2-4,13H2,1H3/b6-5+. The number of rotatable bonds is 5. The lowest BCUT2D eigenvalue weighted by molar-refractivity contribution is 0.508. The molecule has 2 heteroatoms. The molecule has 0 bridgehead atoms. The smallest absolute Gasteiger partial charge is 0.159 e. The molecule has 0 atom stereocenters. The Morgan fingerprint density at radius 3 is 2.43 bits per heavy atom. The lowest BCUT2D eigenvalue weighted by Gasteiger charge is -2.02. The van der Waals surface area contributed by atoms with Crippen molar-refractivity contribution >= 4 is 18.2 Å². The van der Waals surface area contributed by atoms with E-state index in [9.17, 15) is 8.78 Å². The molecule has 0 aromatic heterocycles. The lowest BCUT2D eigenvalue weighted by Crippen LogP contribution is -1.87. The summed E-state index contributed by atoms with van der Waals surface area (Å²) >= 11 is 0. The predicted octanol–water partition coefficient (Wildman–Crippen LogP) is 6.26. The Balaban J connectivity index is 1.72. The highest BCUT2D eigenvalue weighted by molar-refractivity contribution is 5.72. The van der Waals surface area contributed by atoms with Gasteiger partial charge in [0.1, 0.15) is 0 Å². The summed E-state index contributed by atoms with van der Waals surface area (Å²) in [6.07, 6.45) is 10.7. The van der Waals surface area contributed by atoms with Gasteiger partial charge < -0.3 is 0 Å². The van der Waals surface area contributed by atoms with E-state index in [1.807, 2.05) is 12.2 Å². The Labute approximate surface area is 136 Å². The molecular weight excluding hydrogens is 290 g/mol. The molecule has 0 radical (unpaired) electrons. The van der Waals surface area contributed by atoms with Crippen molar-refractivity contribution in [1.82, 2.24) is 0 Å². The normalized spacial score (nSPS) is 13.4. The van der Waals surface area contributed by atoms with E-state index in [4.69, 9.17) is 0 Å². The predicted molar refractivity (Wildman–Crippen MR) is 92.9 cm³/mol. The molecule has 118 valence electrons. The molecule has 0 aliphatic heterocycles. The minimum absolute atomic E-state index is 0.658. The molecular formula is C21H20F2. The van der Waals surface area contributed by atoms with Crippen molar-refractivity contribution < 1.29 is 8.78 Å². The summed E-state index contributed by atoms with van der Waals surface area (Å²) < 4.78 is 26.1. The summed E-state index contributed by atoms with van der Waals surface area (Å²) in [6, 6.07) is 10.3. The molecule has 23 heavy (non-hydrogen) atoms. The van der Waals surface area contributed by atoms with E-state index in [0.717, 1.165) is 18.1 Å². The Morgan fingerprint density at radius 1 is 0.957 bits per heavy atom. The van der Waals surface area contributed by atoms with Crippen LogP contribution in [0, 0.1) is 11.6 Å². The average molecular weight is 310 g/mol. The van der Waals surface area contributed by atoms with E-state index < -0.39 is 11.6 Å². The third kappa shape index (κ3) is 3.76. The number of halogens is 2. The number of unbranched alkanes of at least 4 members (excludes halogenated alkanes) is 1. The van der Waals surface area contributed by atoms with Crippen LogP contribution in [0.3, 0.4) is 0 Å². The average Bonchev–Trinajstić information content (AvgIpc) is 2.96. The summed E-state index contributed by atoms with van der Waals surface area (Å²) in [5.74, 6) is -1.63. The largest absolute Gasteiger partial charge is 0.204 e. The molecule has 0 saturated heterocycles. The molecule has 1 aliphatic carbocycles. The van der Waals surface area contributed by atoms with E-state index in [1.165, 1.54) is 42.0 Å². The van der Waals surface area contributed by atoms with Crippen LogP contribution < -0.4 is 0 Å². The van der Waals surface area contributed by atoms with Crippen LogP contribution >= 0.6 is 0 Å². The molecule has 0 unspecified atom stereocenters. The molecule has 0 amide bonds. The second kappa shape index (κ2) is 6.91. The first-order chi connectivity index (χ1) is 11.2. The van der Waals surface area contributed by atoms with Crippen molar-refractivity contribution in [1.29, 1.82) is 0 Å². The molecule has 1 aliphatic rings. The van der Waals surface area contributed by atoms with Crippen LogP contribution in [-0.4, -0.2) is 0 Å². The van der Waals surface area contributed by atoms with Gasteiger partial charge in [-0.2, -0.15) is 0 Å². The summed E-state index contributed by atoms with van der Waals surface area (Å²) in [7, 11) is 0. The minimum Gasteiger partial charge on any atom is -0.204 e. The highest BCUT2D eigenvalue weighted by atomic mass is 19.2. The summed E-state index contributed by atoms with van der Waals surface area (Å²) in [4.78, 5) is 0. The quantitative estimate of drug-likeness (QED) is 0.571. The van der Waals surface area contributed by atoms with Gasteiger partial charge >= 0.3 is 0 Å². The van der Waals surface area contributed by atoms with Gasteiger partial charge in [0.15, 0.2) is 11.6 Å². The van der Waals surface area contributed by atoms with Crippen LogP contribution in [0.25, 0.3) is 18.2 Å². The maximum atomic E-state index is 13.2. The highest BCUT2D eigenvalue weighted by Crippen LogP contribution is 2.29. The maximum absolute atomic E-state index is 13.2. The van der Waals surface area contributed by atoms with Crippen molar-refractivity contribution in [3.63, 3.8) is 0 Å². The molecule has 0 heterocycles. The zero-order chi connectivity index (χ0) is 16.2. The van der Waals surface area contributed by atoms with Gasteiger partial charge in [0.25, 0.3) is 0 Å². The fraction of sp³-hybridized carbons (Fsp3) is 0.238. The molecule has 0 fully saturated rings. The third-order valence-electron chi connectivity index (χ3n) is 4.21. The number of hydrogen-bond donors (Lipinski definition) is 0. The van der Waals surface area contributed by atoms with Gasteiger partial charge in [0.05, 0.1) is 0 Å². The summed E-state index contributed by atoms with van der Waals surface area (Å²) in [6.45, 7) is 2.21. The molecule has 0 N–H and O–H groups in total. The second-order valence-electron chi connectivity index (χ2n) is 6.05. The zero-order valence-electron chi connectivity index (χ0n) is 13.3. The molecule has 0 spiro atoms. The van der Waals surface area contributed by atoms with Crippen molar-refractivity contribution in [2.45, 2.75) is 32.6 Å². The van der Waals surface area contributed by atoms with Gasteiger partial charge in [-0.05, 0) is 53.6 Å². The maximum Gasteiger partial charge on any atom is 0.159 e. The minimum atomic E-state index is -0.814. The molecule has 0 saturated carbocycles. The topological polar surface area (TPSA) is 0 Å². The number of allylic oxidation sites excluding steroid dienone is 1. The van der Waals surface area contributed by atoms with Gasteiger partial charge in [0, 0.05) is 0 Å². The van der Waals surface area contributed by atoms with Crippen molar-refractivity contribution in [2.24, 2.45) is 0 Å². The van der Waals surface area contributed by atoms with Gasteiger partial charge in [-0.25, -0.2) is 8.78 Å². The second-order valence-corrected chi connectivity index (χ2v) is 6.05. The van der Waals surface area contributed by atoms with Crippen LogP contribution in [0.2, 0.25) is 0 Å². The van der Waals surface area contributed by atoms with E-state index >= 15 is 0 Å². The van der Waals surface area contributed by atoms with Gasteiger partial charge in [0.2, 0.25) is 0 Å². The van der Waals surface area contributed by atoms with Crippen LogP contribution in [0.15, 0.2) is 42.0 Å². The van der Waals surface area contributed by atoms with Gasteiger partial charge in [-0.1, -0.05) is 61.4 Å². The first-order valence-corrected chi connectivity index (χ1v) is 8.11. The number of fused-ring (bicyclic) bond motifs is 1. The Hall–Kier alpha value is -2.22. The van der Waals surface area contributed by atoms with E-state index in [-0.39, 0.29) is 0 Å². The number of benzene rings is 2. The van der Waals surface area contributed by atoms with E-state index in [1.54, 1.807) is 6.07 Å². The van der Waals surface area contributed by atoms with Crippen molar-refractivity contribution in [3.8, 4) is 0 Å². The van der Waals surface area contributed by atoms with Crippen LogP contribution in [0.5, 0.6) is 0 Å². The lowest BCUT2D eigenvalue weighted by atomic mass is 10.0. The summed E-state index contributed by atoms with van der Waals surface area (Å²) in [5, 5.41) is 0. The van der Waals surface area contributed by atoms with Crippen LogP contribution in [0.1, 0.15) is 48.4 Å². The van der Waals surface area contributed by atoms with Crippen molar-refractivity contribution in [2.75, 3.05) is 0 Å². The van der Waals surface area contributed by atoms with E-state index in [2.05, 4.69) is 31.2 Å². The Kier molecular flexibility index (Phi) is 4.71. The van der Waals surface area contributed by atoms with Gasteiger partial charge in [-0.15, -0.1) is 0 Å². The van der Waals surface area contributed by atoms with Gasteiger partial charge in [-0.3, -0.25) is 0 Å². The Bertz CT molecular complexity index is 769. The molecule has 2 aromatic rings. The van der Waals surface area contributed by atoms with Crippen LogP contribution in [0.4, 0.5) is 8.78 Å². The van der Waals surface area contributed by atoms with Crippen molar-refractivity contribution in [3.05, 3.63) is 75.9 Å². The SMILES string of the molecule is CCCCC1=Cc2ccc(/C=C/c3ccc(F)c(F)c3)cc2C1. The number of hydrogen-bond acceptors (Lipinski definition) is 0. The monoisotopic (exact) mass is 310 g/mol.